The number of hydrogen-bond donors (Lipinski definition) is 0. The lowest BCUT2D eigenvalue weighted by Gasteiger charge is -2.08. The second kappa shape index (κ2) is 5.74. The smallest absolute Gasteiger partial charge is 0.158 e. The Labute approximate surface area is 113 Å². The summed E-state index contributed by atoms with van der Waals surface area (Å²) in [6.45, 7) is 8.18. The molecule has 18 heavy (non-hydrogen) atoms. The molecular formula is C13H21ClN4. The third kappa shape index (κ3) is 2.26. The minimum absolute atomic E-state index is 0.462. The van der Waals surface area contributed by atoms with Crippen LogP contribution < -0.4 is 0 Å². The van der Waals surface area contributed by atoms with E-state index >= 15 is 0 Å². The molecule has 0 aliphatic heterocycles. The van der Waals surface area contributed by atoms with Crippen LogP contribution in [0.2, 0.25) is 0 Å². The summed E-state index contributed by atoms with van der Waals surface area (Å²) in [5.41, 5.74) is 3.12. The quantitative estimate of drug-likeness (QED) is 0.594. The molecule has 0 amide bonds. The summed E-state index contributed by atoms with van der Waals surface area (Å²) in [7, 11) is 0. The molecule has 0 radical (unpaired) electrons. The van der Waals surface area contributed by atoms with Gasteiger partial charge in [0.05, 0.1) is 11.6 Å². The highest BCUT2D eigenvalue weighted by atomic mass is 35.5. The van der Waals surface area contributed by atoms with Crippen molar-refractivity contribution in [2.24, 2.45) is 0 Å². The Morgan fingerprint density at radius 2 is 2.00 bits per heavy atom. The van der Waals surface area contributed by atoms with Gasteiger partial charge >= 0.3 is 0 Å². The lowest BCUT2D eigenvalue weighted by Crippen LogP contribution is -2.08. The molecule has 0 bridgehead atoms. The highest BCUT2D eigenvalue weighted by Crippen LogP contribution is 2.21. The van der Waals surface area contributed by atoms with E-state index in [1.54, 1.807) is 0 Å². The maximum Gasteiger partial charge on any atom is 0.158 e. The van der Waals surface area contributed by atoms with Crippen LogP contribution in [-0.4, -0.2) is 19.3 Å². The maximum atomic E-state index is 6.01. The number of alkyl halides is 1. The van der Waals surface area contributed by atoms with E-state index in [0.29, 0.717) is 5.88 Å². The summed E-state index contributed by atoms with van der Waals surface area (Å²) in [5.74, 6) is 1.43. The number of fused-ring (bicyclic) bond motifs is 1. The van der Waals surface area contributed by atoms with E-state index in [0.717, 1.165) is 35.8 Å². The molecule has 100 valence electrons. The van der Waals surface area contributed by atoms with Crippen molar-refractivity contribution in [1.29, 1.82) is 0 Å². The zero-order valence-corrected chi connectivity index (χ0v) is 12.2. The van der Waals surface area contributed by atoms with E-state index in [-0.39, 0.29) is 0 Å². The number of rotatable bonds is 6. The lowest BCUT2D eigenvalue weighted by molar-refractivity contribution is 0.573. The largest absolute Gasteiger partial charge is 0.312 e. The molecule has 2 heterocycles. The molecule has 0 saturated carbocycles. The number of nitrogens with zero attached hydrogens (tertiary/aromatic N) is 4. The molecule has 0 fully saturated rings. The van der Waals surface area contributed by atoms with Crippen LogP contribution in [0.4, 0.5) is 0 Å². The van der Waals surface area contributed by atoms with Crippen LogP contribution in [0.1, 0.15) is 44.6 Å². The van der Waals surface area contributed by atoms with E-state index in [1.165, 1.54) is 19.3 Å². The summed E-state index contributed by atoms with van der Waals surface area (Å²) in [6.07, 6.45) is 3.63. The average molecular weight is 269 g/mol. The fourth-order valence-electron chi connectivity index (χ4n) is 2.35. The molecule has 0 aromatic carbocycles. The van der Waals surface area contributed by atoms with E-state index < -0.39 is 0 Å². The van der Waals surface area contributed by atoms with Crippen molar-refractivity contribution in [1.82, 2.24) is 19.3 Å². The summed E-state index contributed by atoms with van der Waals surface area (Å²) in [5, 5.41) is 4.52. The first-order valence-corrected chi connectivity index (χ1v) is 7.24. The van der Waals surface area contributed by atoms with Gasteiger partial charge in [0.15, 0.2) is 5.65 Å². The molecule has 0 aliphatic carbocycles. The number of aromatic nitrogens is 4. The molecule has 0 atom stereocenters. The minimum Gasteiger partial charge on any atom is -0.312 e. The number of hydrogen-bond acceptors (Lipinski definition) is 2. The molecule has 4 nitrogen and oxygen atoms in total. The van der Waals surface area contributed by atoms with Gasteiger partial charge in [-0.05, 0) is 20.3 Å². The zero-order valence-electron chi connectivity index (χ0n) is 11.4. The van der Waals surface area contributed by atoms with Crippen LogP contribution >= 0.6 is 11.6 Å². The number of imidazole rings is 1. The van der Waals surface area contributed by atoms with Crippen molar-refractivity contribution in [2.45, 2.75) is 59.0 Å². The normalized spacial score (nSPS) is 11.6. The Morgan fingerprint density at radius 1 is 1.22 bits per heavy atom. The predicted octanol–water partition coefficient (Wildman–Crippen LogP) is 3.49. The molecule has 0 unspecified atom stereocenters. The summed E-state index contributed by atoms with van der Waals surface area (Å²) >= 11 is 6.01. The van der Waals surface area contributed by atoms with Crippen molar-refractivity contribution in [3.05, 3.63) is 11.5 Å². The molecule has 0 N–H and O–H groups in total. The van der Waals surface area contributed by atoms with Crippen molar-refractivity contribution in [3.63, 3.8) is 0 Å². The molecule has 0 saturated heterocycles. The van der Waals surface area contributed by atoms with Crippen LogP contribution in [0.25, 0.3) is 11.2 Å². The lowest BCUT2D eigenvalue weighted by atomic mass is 10.2. The van der Waals surface area contributed by atoms with E-state index in [1.807, 2.05) is 11.6 Å². The average Bonchev–Trinajstić information content (AvgIpc) is 2.88. The Balaban J connectivity index is 2.45. The molecular weight excluding hydrogens is 248 g/mol. The SMILES string of the molecule is CCCCCn1c(CCl)nc2c(C)nn(CC)c21. The first kappa shape index (κ1) is 13.4. The summed E-state index contributed by atoms with van der Waals surface area (Å²) in [6, 6.07) is 0. The van der Waals surface area contributed by atoms with Crippen molar-refractivity contribution < 1.29 is 0 Å². The fraction of sp³-hybridized carbons (Fsp3) is 0.692. The maximum absolute atomic E-state index is 6.01. The van der Waals surface area contributed by atoms with Gasteiger partial charge in [-0.1, -0.05) is 19.8 Å². The molecule has 5 heteroatoms. The first-order valence-electron chi connectivity index (χ1n) is 6.71. The third-order valence-electron chi connectivity index (χ3n) is 3.28. The van der Waals surface area contributed by atoms with Crippen LogP contribution in [0, 0.1) is 6.92 Å². The van der Waals surface area contributed by atoms with Gasteiger partial charge in [0.2, 0.25) is 0 Å². The third-order valence-corrected chi connectivity index (χ3v) is 3.52. The van der Waals surface area contributed by atoms with Gasteiger partial charge in [-0.25, -0.2) is 9.67 Å². The topological polar surface area (TPSA) is 35.6 Å². The monoisotopic (exact) mass is 268 g/mol. The number of halogens is 1. The van der Waals surface area contributed by atoms with Gasteiger partial charge < -0.3 is 4.57 Å². The second-order valence-corrected chi connectivity index (χ2v) is 4.86. The highest BCUT2D eigenvalue weighted by Gasteiger charge is 2.17. The number of aryl methyl sites for hydroxylation is 3. The van der Waals surface area contributed by atoms with Crippen LogP contribution in [0.3, 0.4) is 0 Å². The zero-order chi connectivity index (χ0) is 13.1. The molecule has 2 aromatic rings. The van der Waals surface area contributed by atoms with Crippen LogP contribution in [0.15, 0.2) is 0 Å². The van der Waals surface area contributed by atoms with E-state index in [9.17, 15) is 0 Å². The summed E-state index contributed by atoms with van der Waals surface area (Å²) in [4.78, 5) is 4.63. The Morgan fingerprint density at radius 3 is 2.61 bits per heavy atom. The minimum atomic E-state index is 0.462. The van der Waals surface area contributed by atoms with E-state index in [4.69, 9.17) is 11.6 Å². The van der Waals surface area contributed by atoms with Gasteiger partial charge in [-0.15, -0.1) is 11.6 Å². The predicted molar refractivity (Wildman–Crippen MR) is 75.0 cm³/mol. The van der Waals surface area contributed by atoms with Crippen molar-refractivity contribution >= 4 is 22.8 Å². The standard InChI is InChI=1S/C13H21ClN4/c1-4-6-7-8-17-11(9-14)15-12-10(3)16-18(5-2)13(12)17/h4-9H2,1-3H3. The van der Waals surface area contributed by atoms with Gasteiger partial charge in [-0.3, -0.25) is 0 Å². The fourth-order valence-corrected chi connectivity index (χ4v) is 2.55. The van der Waals surface area contributed by atoms with Gasteiger partial charge in [0.25, 0.3) is 0 Å². The molecule has 2 rings (SSSR count). The summed E-state index contributed by atoms with van der Waals surface area (Å²) < 4.78 is 4.27. The molecule has 0 spiro atoms. The molecule has 2 aromatic heterocycles. The van der Waals surface area contributed by atoms with E-state index in [2.05, 4.69) is 28.5 Å². The number of unbranched alkanes of at least 4 members (excludes halogenated alkanes) is 2. The Kier molecular flexibility index (Phi) is 4.27. The van der Waals surface area contributed by atoms with Gasteiger partial charge in [-0.2, -0.15) is 5.10 Å². The molecule has 0 aliphatic rings. The van der Waals surface area contributed by atoms with Crippen molar-refractivity contribution in [3.8, 4) is 0 Å². The Hall–Kier alpha value is -1.03. The van der Waals surface area contributed by atoms with Gasteiger partial charge in [0, 0.05) is 13.1 Å². The van der Waals surface area contributed by atoms with Gasteiger partial charge in [0.1, 0.15) is 11.3 Å². The highest BCUT2D eigenvalue weighted by molar-refractivity contribution is 6.16. The Bertz CT molecular complexity index is 527. The van der Waals surface area contributed by atoms with Crippen molar-refractivity contribution in [2.75, 3.05) is 0 Å². The van der Waals surface area contributed by atoms with Crippen LogP contribution in [0.5, 0.6) is 0 Å². The second-order valence-electron chi connectivity index (χ2n) is 4.59. The first-order chi connectivity index (χ1) is 8.72. The van der Waals surface area contributed by atoms with Crippen LogP contribution in [-0.2, 0) is 19.0 Å².